The molecule has 1 rings (SSSR count). The van der Waals surface area contributed by atoms with Crippen LogP contribution in [0.5, 0.6) is 0 Å². The van der Waals surface area contributed by atoms with Gasteiger partial charge < -0.3 is 0 Å². The zero-order valence-electron chi connectivity index (χ0n) is 17.1. The Hall–Kier alpha value is -1.77. The Morgan fingerprint density at radius 1 is 1.07 bits per heavy atom. The standard InChI is InChI=1S/C24H33F3/c1-6-18(5)13-14-19(7-2)20(8-3)15-16-21(9-4)22-11-10-12-23(17-22)24(25,26)27/h8,10-12,15-19H,3,6-7,9,13-14H2,1-2,4-5H3/b20-15+,21-16+. The topological polar surface area (TPSA) is 0 Å². The quantitative estimate of drug-likeness (QED) is 0.358. The molecule has 0 spiro atoms. The monoisotopic (exact) mass is 378 g/mol. The minimum atomic E-state index is -4.32. The first kappa shape index (κ1) is 23.3. The third-order valence-corrected chi connectivity index (χ3v) is 5.32. The number of allylic oxidation sites excluding steroid dienone is 5. The van der Waals surface area contributed by atoms with E-state index in [-0.39, 0.29) is 0 Å². The normalized spacial score (nSPS) is 15.5. The number of rotatable bonds is 10. The second-order valence-corrected chi connectivity index (χ2v) is 7.19. The highest BCUT2D eigenvalue weighted by Gasteiger charge is 2.30. The Bertz CT molecular complexity index is 650. The molecule has 0 fully saturated rings. The summed E-state index contributed by atoms with van der Waals surface area (Å²) in [7, 11) is 0. The van der Waals surface area contributed by atoms with Gasteiger partial charge in [0.1, 0.15) is 0 Å². The van der Waals surface area contributed by atoms with Crippen LogP contribution < -0.4 is 0 Å². The molecular weight excluding hydrogens is 345 g/mol. The van der Waals surface area contributed by atoms with Crippen molar-refractivity contribution in [2.45, 2.75) is 66.0 Å². The summed E-state index contributed by atoms with van der Waals surface area (Å²) >= 11 is 0. The highest BCUT2D eigenvalue weighted by Crippen LogP contribution is 2.32. The highest BCUT2D eigenvalue weighted by molar-refractivity contribution is 5.67. The van der Waals surface area contributed by atoms with E-state index in [2.05, 4.69) is 27.4 Å². The number of hydrogen-bond donors (Lipinski definition) is 0. The number of alkyl halides is 3. The molecule has 0 aliphatic rings. The van der Waals surface area contributed by atoms with Crippen LogP contribution in [0.2, 0.25) is 0 Å². The maximum Gasteiger partial charge on any atom is 0.416 e. The summed E-state index contributed by atoms with van der Waals surface area (Å²) in [6.45, 7) is 12.6. The van der Waals surface area contributed by atoms with Crippen molar-refractivity contribution >= 4 is 5.57 Å². The molecule has 0 aromatic heterocycles. The van der Waals surface area contributed by atoms with E-state index in [9.17, 15) is 13.2 Å². The molecule has 0 amide bonds. The third-order valence-electron chi connectivity index (χ3n) is 5.32. The first-order chi connectivity index (χ1) is 12.8. The van der Waals surface area contributed by atoms with Crippen molar-refractivity contribution in [1.82, 2.24) is 0 Å². The van der Waals surface area contributed by atoms with Crippen LogP contribution in [0.3, 0.4) is 0 Å². The predicted octanol–water partition coefficient (Wildman–Crippen LogP) is 8.46. The molecule has 0 heterocycles. The SMILES string of the molecule is C=C/C(=C\C=C(/CC)c1cccc(C(F)(F)F)c1)C(CC)CCC(C)CC. The van der Waals surface area contributed by atoms with Gasteiger partial charge in [0.15, 0.2) is 0 Å². The van der Waals surface area contributed by atoms with Crippen molar-refractivity contribution in [2.24, 2.45) is 11.8 Å². The lowest BCUT2D eigenvalue weighted by molar-refractivity contribution is -0.137. The lowest BCUT2D eigenvalue weighted by Crippen LogP contribution is -2.05. The summed E-state index contributed by atoms with van der Waals surface area (Å²) in [4.78, 5) is 0. The summed E-state index contributed by atoms with van der Waals surface area (Å²) in [5, 5.41) is 0. The molecule has 2 unspecified atom stereocenters. The smallest absolute Gasteiger partial charge is 0.166 e. The van der Waals surface area contributed by atoms with Crippen LogP contribution in [0.4, 0.5) is 13.2 Å². The average Bonchev–Trinajstić information content (AvgIpc) is 2.66. The molecule has 150 valence electrons. The van der Waals surface area contributed by atoms with E-state index in [4.69, 9.17) is 0 Å². The molecule has 1 aromatic carbocycles. The predicted molar refractivity (Wildman–Crippen MR) is 110 cm³/mol. The van der Waals surface area contributed by atoms with Gasteiger partial charge in [-0.1, -0.05) is 77.5 Å². The van der Waals surface area contributed by atoms with Gasteiger partial charge in [0.2, 0.25) is 0 Å². The van der Waals surface area contributed by atoms with Gasteiger partial charge in [0, 0.05) is 0 Å². The molecule has 1 aromatic rings. The van der Waals surface area contributed by atoms with E-state index in [0.717, 1.165) is 24.5 Å². The molecule has 0 aliphatic carbocycles. The Labute approximate surface area is 162 Å². The van der Waals surface area contributed by atoms with E-state index in [1.807, 2.05) is 25.2 Å². The van der Waals surface area contributed by atoms with E-state index in [0.29, 0.717) is 23.8 Å². The first-order valence-corrected chi connectivity index (χ1v) is 9.97. The fourth-order valence-corrected chi connectivity index (χ4v) is 3.18. The number of halogens is 3. The Kier molecular flexibility index (Phi) is 9.62. The molecule has 2 atom stereocenters. The van der Waals surface area contributed by atoms with E-state index < -0.39 is 11.7 Å². The van der Waals surface area contributed by atoms with Gasteiger partial charge in [-0.05, 0) is 59.9 Å². The van der Waals surface area contributed by atoms with Crippen molar-refractivity contribution < 1.29 is 13.2 Å². The lowest BCUT2D eigenvalue weighted by atomic mass is 9.87. The van der Waals surface area contributed by atoms with Crippen LogP contribution in [0.25, 0.3) is 5.57 Å². The number of hydrogen-bond acceptors (Lipinski definition) is 0. The van der Waals surface area contributed by atoms with Crippen molar-refractivity contribution in [1.29, 1.82) is 0 Å². The van der Waals surface area contributed by atoms with Gasteiger partial charge in [-0.3, -0.25) is 0 Å². The second-order valence-electron chi connectivity index (χ2n) is 7.19. The molecule has 0 bridgehead atoms. The van der Waals surface area contributed by atoms with Crippen LogP contribution in [-0.2, 0) is 6.18 Å². The Balaban J connectivity index is 3.09. The molecule has 3 heteroatoms. The summed E-state index contributed by atoms with van der Waals surface area (Å²) < 4.78 is 39.0. The summed E-state index contributed by atoms with van der Waals surface area (Å²) in [6, 6.07) is 5.56. The fraction of sp³-hybridized carbons (Fsp3) is 0.500. The van der Waals surface area contributed by atoms with Gasteiger partial charge in [0.25, 0.3) is 0 Å². The van der Waals surface area contributed by atoms with Crippen molar-refractivity contribution in [2.75, 3.05) is 0 Å². The summed E-state index contributed by atoms with van der Waals surface area (Å²) in [5.74, 6) is 1.14. The zero-order valence-corrected chi connectivity index (χ0v) is 17.1. The maximum absolute atomic E-state index is 13.0. The van der Waals surface area contributed by atoms with Crippen molar-refractivity contribution in [3.8, 4) is 0 Å². The van der Waals surface area contributed by atoms with Crippen LogP contribution in [-0.4, -0.2) is 0 Å². The zero-order chi connectivity index (χ0) is 20.4. The molecule has 0 radical (unpaired) electrons. The summed E-state index contributed by atoms with van der Waals surface area (Å²) in [6.07, 6.45) is 6.74. The lowest BCUT2D eigenvalue weighted by Gasteiger charge is -2.18. The van der Waals surface area contributed by atoms with Crippen LogP contribution in [0.15, 0.2) is 54.6 Å². The van der Waals surface area contributed by atoms with Gasteiger partial charge in [0.05, 0.1) is 5.56 Å². The number of benzene rings is 1. The van der Waals surface area contributed by atoms with E-state index in [1.165, 1.54) is 30.5 Å². The molecule has 0 saturated carbocycles. The van der Waals surface area contributed by atoms with Gasteiger partial charge >= 0.3 is 6.18 Å². The van der Waals surface area contributed by atoms with Crippen molar-refractivity contribution in [3.63, 3.8) is 0 Å². The van der Waals surface area contributed by atoms with Crippen molar-refractivity contribution in [3.05, 3.63) is 65.8 Å². The molecule has 27 heavy (non-hydrogen) atoms. The largest absolute Gasteiger partial charge is 0.416 e. The molecule has 0 nitrogen and oxygen atoms in total. The molecular formula is C24H33F3. The third kappa shape index (κ3) is 7.40. The minimum absolute atomic E-state index is 0.437. The van der Waals surface area contributed by atoms with E-state index >= 15 is 0 Å². The Morgan fingerprint density at radius 3 is 2.30 bits per heavy atom. The maximum atomic E-state index is 13.0. The first-order valence-electron chi connectivity index (χ1n) is 9.97. The van der Waals surface area contributed by atoms with Gasteiger partial charge in [-0.15, -0.1) is 0 Å². The minimum Gasteiger partial charge on any atom is -0.166 e. The highest BCUT2D eigenvalue weighted by atomic mass is 19.4. The average molecular weight is 379 g/mol. The van der Waals surface area contributed by atoms with Crippen LogP contribution in [0, 0.1) is 11.8 Å². The summed E-state index contributed by atoms with van der Waals surface area (Å²) in [5.41, 5.74) is 2.09. The van der Waals surface area contributed by atoms with Gasteiger partial charge in [-0.2, -0.15) is 13.2 Å². The molecule has 0 aliphatic heterocycles. The van der Waals surface area contributed by atoms with Crippen LogP contribution in [0.1, 0.15) is 70.9 Å². The van der Waals surface area contributed by atoms with Crippen LogP contribution >= 0.6 is 0 Å². The Morgan fingerprint density at radius 2 is 1.78 bits per heavy atom. The fourth-order valence-electron chi connectivity index (χ4n) is 3.18. The van der Waals surface area contributed by atoms with Gasteiger partial charge in [-0.25, -0.2) is 0 Å². The second kappa shape index (κ2) is 11.2. The van der Waals surface area contributed by atoms with E-state index in [1.54, 1.807) is 6.07 Å². The molecule has 0 N–H and O–H groups in total. The molecule has 0 saturated heterocycles.